The predicted molar refractivity (Wildman–Crippen MR) is 109 cm³/mol. The third kappa shape index (κ3) is 3.41. The van der Waals surface area contributed by atoms with E-state index in [1.165, 1.54) is 6.07 Å². The molecule has 10 heteroatoms. The van der Waals surface area contributed by atoms with Gasteiger partial charge in [-0.15, -0.1) is 11.3 Å². The number of nitrogens with zero attached hydrogens (tertiary/aromatic N) is 3. The summed E-state index contributed by atoms with van der Waals surface area (Å²) in [4.78, 5) is 4.70. The van der Waals surface area contributed by atoms with Crippen molar-refractivity contribution < 1.29 is 8.42 Å². The Hall–Kier alpha value is -1.75. The van der Waals surface area contributed by atoms with Gasteiger partial charge in [0.2, 0.25) is 0 Å². The van der Waals surface area contributed by atoms with Crippen LogP contribution in [0.4, 0.5) is 5.69 Å². The van der Waals surface area contributed by atoms with Crippen molar-refractivity contribution in [3.05, 3.63) is 36.4 Å². The summed E-state index contributed by atoms with van der Waals surface area (Å²) < 4.78 is 38.4. The van der Waals surface area contributed by atoms with E-state index in [1.54, 1.807) is 41.3 Å². The number of hydrogen-bond acceptors (Lipinski definition) is 8. The normalized spacial score (nSPS) is 12.3. The fraction of sp³-hybridized carbons (Fsp3) is 0.188. The van der Waals surface area contributed by atoms with Crippen molar-refractivity contribution in [2.45, 2.75) is 28.3 Å². The summed E-state index contributed by atoms with van der Waals surface area (Å²) in [7, 11) is -3.76. The first-order valence-corrected chi connectivity index (χ1v) is 11.6. The summed E-state index contributed by atoms with van der Waals surface area (Å²) in [5.41, 5.74) is 2.33. The third-order valence-corrected chi connectivity index (χ3v) is 7.57. The lowest BCUT2D eigenvalue weighted by Gasteiger charge is -2.08. The van der Waals surface area contributed by atoms with Gasteiger partial charge in [0.15, 0.2) is 4.34 Å². The lowest BCUT2D eigenvalue weighted by Crippen LogP contribution is -2.13. The number of fused-ring (bicyclic) bond motifs is 2. The number of rotatable bonds is 5. The van der Waals surface area contributed by atoms with Crippen LogP contribution < -0.4 is 4.72 Å². The van der Waals surface area contributed by atoms with Crippen LogP contribution in [-0.4, -0.2) is 27.4 Å². The molecule has 26 heavy (non-hydrogen) atoms. The first kappa shape index (κ1) is 17.7. The van der Waals surface area contributed by atoms with Gasteiger partial charge in [0.1, 0.15) is 15.9 Å². The molecule has 0 aliphatic carbocycles. The molecule has 0 unspecified atom stereocenters. The molecular weight excluding hydrogens is 408 g/mol. The van der Waals surface area contributed by atoms with Crippen LogP contribution in [0.25, 0.3) is 21.3 Å². The number of aromatic nitrogens is 3. The van der Waals surface area contributed by atoms with Crippen molar-refractivity contribution in [2.24, 2.45) is 0 Å². The summed E-state index contributed by atoms with van der Waals surface area (Å²) in [6.07, 6.45) is 0. The Morgan fingerprint density at radius 3 is 2.77 bits per heavy atom. The average molecular weight is 423 g/mol. The van der Waals surface area contributed by atoms with Crippen LogP contribution in [0.5, 0.6) is 0 Å². The highest BCUT2D eigenvalue weighted by molar-refractivity contribution is 8.01. The van der Waals surface area contributed by atoms with E-state index in [1.807, 2.05) is 12.1 Å². The number of benzene rings is 2. The lowest BCUT2D eigenvalue weighted by molar-refractivity contribution is 0.602. The van der Waals surface area contributed by atoms with Crippen LogP contribution in [0.2, 0.25) is 0 Å². The highest BCUT2D eigenvalue weighted by Crippen LogP contribution is 2.33. The van der Waals surface area contributed by atoms with Gasteiger partial charge in [-0.05, 0) is 30.3 Å². The van der Waals surface area contributed by atoms with Crippen LogP contribution in [0.3, 0.4) is 0 Å². The van der Waals surface area contributed by atoms with Crippen molar-refractivity contribution in [1.82, 2.24) is 13.7 Å². The number of hydrogen-bond donors (Lipinski definition) is 1. The fourth-order valence-corrected chi connectivity index (χ4v) is 6.57. The molecule has 0 atom stereocenters. The van der Waals surface area contributed by atoms with E-state index >= 15 is 0 Å². The summed E-state index contributed by atoms with van der Waals surface area (Å²) >= 11 is 4.26. The summed E-state index contributed by atoms with van der Waals surface area (Å²) in [5, 5.41) is 0.445. The number of thiazole rings is 1. The Balaban J connectivity index is 1.68. The number of thioether (sulfide) groups is 1. The van der Waals surface area contributed by atoms with E-state index in [0.29, 0.717) is 22.0 Å². The zero-order valence-corrected chi connectivity index (χ0v) is 17.1. The Morgan fingerprint density at radius 1 is 1.12 bits per heavy atom. The highest BCUT2D eigenvalue weighted by Gasteiger charge is 2.20. The number of sulfonamides is 1. The molecule has 0 saturated heterocycles. The molecule has 134 valence electrons. The van der Waals surface area contributed by atoms with Crippen LogP contribution >= 0.6 is 34.8 Å². The molecule has 0 radical (unpaired) electrons. The quantitative estimate of drug-likeness (QED) is 0.473. The van der Waals surface area contributed by atoms with Gasteiger partial charge in [-0.25, -0.2) is 13.4 Å². The van der Waals surface area contributed by atoms with E-state index in [2.05, 4.69) is 32.3 Å². The third-order valence-electron chi connectivity index (χ3n) is 3.50. The zero-order chi connectivity index (χ0) is 18.3. The minimum atomic E-state index is -3.76. The second-order valence-corrected chi connectivity index (χ2v) is 10.9. The van der Waals surface area contributed by atoms with E-state index in [4.69, 9.17) is 0 Å². The fourth-order valence-electron chi connectivity index (χ4n) is 2.43. The van der Waals surface area contributed by atoms with Gasteiger partial charge in [-0.3, -0.25) is 4.72 Å². The largest absolute Gasteiger partial charge is 0.280 e. The Bertz CT molecular complexity index is 1200. The number of nitrogens with one attached hydrogen (secondary N) is 1. The Kier molecular flexibility index (Phi) is 4.59. The highest BCUT2D eigenvalue weighted by atomic mass is 32.2. The van der Waals surface area contributed by atoms with Crippen molar-refractivity contribution in [3.63, 3.8) is 0 Å². The van der Waals surface area contributed by atoms with Crippen molar-refractivity contribution in [2.75, 3.05) is 4.72 Å². The minimum Gasteiger partial charge on any atom is -0.280 e. The van der Waals surface area contributed by atoms with E-state index in [-0.39, 0.29) is 4.90 Å². The standard InChI is InChI=1S/C16H14N4O2S4/c1-9(2)23-16-17-11-7-6-10(8-13(11)24-16)20-26(21,22)14-5-3-4-12-15(14)19-25-18-12/h3-9,20H,1-2H3. The molecule has 0 aliphatic rings. The van der Waals surface area contributed by atoms with E-state index < -0.39 is 10.0 Å². The van der Waals surface area contributed by atoms with Crippen molar-refractivity contribution >= 4 is 71.8 Å². The zero-order valence-electron chi connectivity index (χ0n) is 13.8. The SMILES string of the molecule is CC(C)Sc1nc2ccc(NS(=O)(=O)c3cccc4nsnc34)cc2s1. The smallest absolute Gasteiger partial charge is 0.264 e. The monoisotopic (exact) mass is 422 g/mol. The molecule has 4 rings (SSSR count). The molecule has 0 amide bonds. The second-order valence-electron chi connectivity index (χ2n) is 5.82. The first-order chi connectivity index (χ1) is 12.4. The van der Waals surface area contributed by atoms with Gasteiger partial charge in [0.05, 0.1) is 27.6 Å². The maximum Gasteiger partial charge on any atom is 0.264 e. The molecule has 0 saturated carbocycles. The van der Waals surface area contributed by atoms with Crippen molar-refractivity contribution in [1.29, 1.82) is 0 Å². The summed E-state index contributed by atoms with van der Waals surface area (Å²) in [6, 6.07) is 10.3. The molecule has 2 heterocycles. The van der Waals surface area contributed by atoms with Crippen LogP contribution in [0, 0.1) is 0 Å². The van der Waals surface area contributed by atoms with Crippen LogP contribution in [-0.2, 0) is 10.0 Å². The molecule has 1 N–H and O–H groups in total. The van der Waals surface area contributed by atoms with E-state index in [9.17, 15) is 8.42 Å². The van der Waals surface area contributed by atoms with Crippen molar-refractivity contribution in [3.8, 4) is 0 Å². The summed E-state index contributed by atoms with van der Waals surface area (Å²) in [6.45, 7) is 4.23. The van der Waals surface area contributed by atoms with Gasteiger partial charge in [0, 0.05) is 5.25 Å². The van der Waals surface area contributed by atoms with Gasteiger partial charge in [-0.2, -0.15) is 8.75 Å². The maximum atomic E-state index is 12.8. The van der Waals surface area contributed by atoms with Gasteiger partial charge in [-0.1, -0.05) is 31.7 Å². The Morgan fingerprint density at radius 2 is 1.96 bits per heavy atom. The van der Waals surface area contributed by atoms with Gasteiger partial charge in [0.25, 0.3) is 10.0 Å². The molecule has 2 aromatic heterocycles. The minimum absolute atomic E-state index is 0.129. The topological polar surface area (TPSA) is 84.8 Å². The summed E-state index contributed by atoms with van der Waals surface area (Å²) in [5.74, 6) is 0. The molecule has 6 nitrogen and oxygen atoms in total. The molecule has 0 spiro atoms. The molecule has 4 aromatic rings. The average Bonchev–Trinajstić information content (AvgIpc) is 3.18. The first-order valence-electron chi connectivity index (χ1n) is 7.74. The van der Waals surface area contributed by atoms with Crippen LogP contribution in [0.1, 0.15) is 13.8 Å². The molecule has 0 fully saturated rings. The Labute approximate surface area is 163 Å². The van der Waals surface area contributed by atoms with Gasteiger partial charge < -0.3 is 0 Å². The molecule has 0 bridgehead atoms. The molecular formula is C16H14N4O2S4. The lowest BCUT2D eigenvalue weighted by atomic mass is 10.3. The van der Waals surface area contributed by atoms with Gasteiger partial charge >= 0.3 is 0 Å². The molecule has 2 aromatic carbocycles. The predicted octanol–water partition coefficient (Wildman–Crippen LogP) is 4.60. The molecule has 0 aliphatic heterocycles. The van der Waals surface area contributed by atoms with Crippen LogP contribution in [0.15, 0.2) is 45.6 Å². The maximum absolute atomic E-state index is 12.8. The second kappa shape index (κ2) is 6.76. The van der Waals surface area contributed by atoms with E-state index in [0.717, 1.165) is 26.3 Å². The number of anilines is 1.